The smallest absolute Gasteiger partial charge is 0.257 e. The van der Waals surface area contributed by atoms with E-state index in [0.29, 0.717) is 12.6 Å². The van der Waals surface area contributed by atoms with Crippen LogP contribution >= 0.6 is 12.4 Å². The first-order valence-electron chi connectivity index (χ1n) is 6.85. The van der Waals surface area contributed by atoms with Gasteiger partial charge in [-0.2, -0.15) is 0 Å². The van der Waals surface area contributed by atoms with Gasteiger partial charge in [-0.3, -0.25) is 4.79 Å². The van der Waals surface area contributed by atoms with Gasteiger partial charge in [-0.05, 0) is 44.9 Å². The van der Waals surface area contributed by atoms with E-state index in [1.807, 2.05) is 26.0 Å². The van der Waals surface area contributed by atoms with Gasteiger partial charge in [-0.25, -0.2) is 0 Å². The first-order valence-corrected chi connectivity index (χ1v) is 6.85. The van der Waals surface area contributed by atoms with Crippen LogP contribution in [-0.2, 0) is 4.79 Å². The fourth-order valence-electron chi connectivity index (χ4n) is 2.32. The molecule has 0 aromatic heterocycles. The van der Waals surface area contributed by atoms with E-state index in [1.54, 1.807) is 0 Å². The van der Waals surface area contributed by atoms with Crippen molar-refractivity contribution in [3.05, 3.63) is 29.3 Å². The summed E-state index contributed by atoms with van der Waals surface area (Å²) in [6.07, 6.45) is 2.33. The predicted molar refractivity (Wildman–Crippen MR) is 82.7 cm³/mol. The lowest BCUT2D eigenvalue weighted by atomic mass is 10.1. The Kier molecular flexibility index (Phi) is 6.82. The molecule has 0 bridgehead atoms. The molecule has 0 saturated carbocycles. The standard InChI is InChI=1S/C15H22N2O2.ClH/c1-11-5-6-14(12(2)8-11)19-10-15(18)17-9-13-4-3-7-16-13;/h5-6,8,13,16H,3-4,7,9-10H2,1-2H3,(H,17,18);1H. The van der Waals surface area contributed by atoms with E-state index in [4.69, 9.17) is 4.74 Å². The number of aryl methyl sites for hydroxylation is 2. The molecule has 1 atom stereocenters. The Morgan fingerprint density at radius 3 is 2.90 bits per heavy atom. The molecule has 1 aliphatic heterocycles. The minimum Gasteiger partial charge on any atom is -0.484 e. The van der Waals surface area contributed by atoms with Crippen LogP contribution in [0.15, 0.2) is 18.2 Å². The molecule has 1 unspecified atom stereocenters. The molecule has 1 aromatic rings. The Bertz CT molecular complexity index is 445. The zero-order valence-electron chi connectivity index (χ0n) is 12.1. The van der Waals surface area contributed by atoms with E-state index in [-0.39, 0.29) is 24.9 Å². The first-order chi connectivity index (χ1) is 9.15. The normalized spacial score (nSPS) is 17.4. The largest absolute Gasteiger partial charge is 0.484 e. The Labute approximate surface area is 126 Å². The predicted octanol–water partition coefficient (Wildman–Crippen LogP) is 1.97. The zero-order chi connectivity index (χ0) is 13.7. The van der Waals surface area contributed by atoms with Gasteiger partial charge in [0, 0.05) is 12.6 Å². The summed E-state index contributed by atoms with van der Waals surface area (Å²) in [5.41, 5.74) is 2.26. The van der Waals surface area contributed by atoms with Gasteiger partial charge in [-0.15, -0.1) is 12.4 Å². The maximum Gasteiger partial charge on any atom is 0.257 e. The van der Waals surface area contributed by atoms with Gasteiger partial charge < -0.3 is 15.4 Å². The van der Waals surface area contributed by atoms with E-state index in [2.05, 4.69) is 16.7 Å². The van der Waals surface area contributed by atoms with Crippen LogP contribution in [-0.4, -0.2) is 31.6 Å². The number of amides is 1. The van der Waals surface area contributed by atoms with Crippen LogP contribution in [0.1, 0.15) is 24.0 Å². The van der Waals surface area contributed by atoms with Crippen LogP contribution < -0.4 is 15.4 Å². The topological polar surface area (TPSA) is 50.4 Å². The molecular weight excluding hydrogens is 276 g/mol. The second-order valence-corrected chi connectivity index (χ2v) is 5.15. The van der Waals surface area contributed by atoms with Crippen molar-refractivity contribution >= 4 is 18.3 Å². The van der Waals surface area contributed by atoms with Crippen LogP contribution in [0.5, 0.6) is 5.75 Å². The monoisotopic (exact) mass is 298 g/mol. The summed E-state index contributed by atoms with van der Waals surface area (Å²) in [6.45, 7) is 5.85. The molecule has 4 nitrogen and oxygen atoms in total. The number of carbonyl (C=O) groups excluding carboxylic acids is 1. The minimum atomic E-state index is -0.0614. The maximum atomic E-state index is 11.7. The highest BCUT2D eigenvalue weighted by Crippen LogP contribution is 2.18. The van der Waals surface area contributed by atoms with Crippen LogP contribution in [0, 0.1) is 13.8 Å². The van der Waals surface area contributed by atoms with Crippen molar-refractivity contribution in [3.63, 3.8) is 0 Å². The number of halogens is 1. The quantitative estimate of drug-likeness (QED) is 0.874. The van der Waals surface area contributed by atoms with E-state index >= 15 is 0 Å². The molecule has 0 aliphatic carbocycles. The summed E-state index contributed by atoms with van der Waals surface area (Å²) in [4.78, 5) is 11.7. The third kappa shape index (κ3) is 5.02. The highest BCUT2D eigenvalue weighted by Gasteiger charge is 2.14. The Morgan fingerprint density at radius 1 is 1.45 bits per heavy atom. The highest BCUT2D eigenvalue weighted by atomic mass is 35.5. The van der Waals surface area contributed by atoms with Gasteiger partial charge in [0.05, 0.1) is 0 Å². The number of hydrogen-bond acceptors (Lipinski definition) is 3. The molecule has 1 aromatic carbocycles. The van der Waals surface area contributed by atoms with Crippen molar-refractivity contribution in [1.29, 1.82) is 0 Å². The van der Waals surface area contributed by atoms with E-state index < -0.39 is 0 Å². The van der Waals surface area contributed by atoms with Crippen molar-refractivity contribution in [2.45, 2.75) is 32.7 Å². The van der Waals surface area contributed by atoms with Crippen LogP contribution in [0.2, 0.25) is 0 Å². The van der Waals surface area contributed by atoms with Crippen LogP contribution in [0.4, 0.5) is 0 Å². The lowest BCUT2D eigenvalue weighted by Crippen LogP contribution is -2.39. The minimum absolute atomic E-state index is 0. The molecule has 1 fully saturated rings. The van der Waals surface area contributed by atoms with Crippen molar-refractivity contribution < 1.29 is 9.53 Å². The Hall–Kier alpha value is -1.26. The molecule has 0 radical (unpaired) electrons. The van der Waals surface area contributed by atoms with Crippen molar-refractivity contribution in [2.75, 3.05) is 19.7 Å². The number of carbonyl (C=O) groups is 1. The maximum absolute atomic E-state index is 11.7. The van der Waals surface area contributed by atoms with Crippen LogP contribution in [0.25, 0.3) is 0 Å². The van der Waals surface area contributed by atoms with Gasteiger partial charge in [-0.1, -0.05) is 17.7 Å². The van der Waals surface area contributed by atoms with Crippen molar-refractivity contribution in [2.24, 2.45) is 0 Å². The summed E-state index contributed by atoms with van der Waals surface area (Å²) >= 11 is 0. The molecule has 20 heavy (non-hydrogen) atoms. The lowest BCUT2D eigenvalue weighted by molar-refractivity contribution is -0.123. The molecule has 0 spiro atoms. The number of benzene rings is 1. The SMILES string of the molecule is Cc1ccc(OCC(=O)NCC2CCCN2)c(C)c1.Cl. The first kappa shape index (κ1) is 16.8. The van der Waals surface area contributed by atoms with E-state index in [1.165, 1.54) is 12.0 Å². The summed E-state index contributed by atoms with van der Waals surface area (Å²) in [7, 11) is 0. The lowest BCUT2D eigenvalue weighted by Gasteiger charge is -2.13. The zero-order valence-corrected chi connectivity index (χ0v) is 12.9. The van der Waals surface area contributed by atoms with Gasteiger partial charge in [0.15, 0.2) is 6.61 Å². The molecule has 1 aliphatic rings. The Balaban J connectivity index is 0.00000200. The average molecular weight is 299 g/mol. The van der Waals surface area contributed by atoms with Crippen LogP contribution in [0.3, 0.4) is 0 Å². The molecule has 1 saturated heterocycles. The second-order valence-electron chi connectivity index (χ2n) is 5.15. The third-order valence-electron chi connectivity index (χ3n) is 3.40. The molecule has 1 heterocycles. The number of nitrogens with one attached hydrogen (secondary N) is 2. The van der Waals surface area contributed by atoms with Gasteiger partial charge in [0.1, 0.15) is 5.75 Å². The average Bonchev–Trinajstić information content (AvgIpc) is 2.88. The summed E-state index contributed by atoms with van der Waals surface area (Å²) in [6, 6.07) is 6.37. The Morgan fingerprint density at radius 2 is 2.25 bits per heavy atom. The number of ether oxygens (including phenoxy) is 1. The summed E-state index contributed by atoms with van der Waals surface area (Å²) in [5.74, 6) is 0.716. The molecule has 2 N–H and O–H groups in total. The van der Waals surface area contributed by atoms with E-state index in [9.17, 15) is 4.79 Å². The van der Waals surface area contributed by atoms with Crippen molar-refractivity contribution in [1.82, 2.24) is 10.6 Å². The van der Waals surface area contributed by atoms with Gasteiger partial charge in [0.2, 0.25) is 0 Å². The number of rotatable bonds is 5. The molecule has 112 valence electrons. The fourth-order valence-corrected chi connectivity index (χ4v) is 2.32. The van der Waals surface area contributed by atoms with Gasteiger partial charge >= 0.3 is 0 Å². The summed E-state index contributed by atoms with van der Waals surface area (Å²) < 4.78 is 5.54. The van der Waals surface area contributed by atoms with Crippen molar-refractivity contribution in [3.8, 4) is 5.75 Å². The highest BCUT2D eigenvalue weighted by molar-refractivity contribution is 5.85. The fraction of sp³-hybridized carbons (Fsp3) is 0.533. The molecule has 2 rings (SSSR count). The molecule has 1 amide bonds. The second kappa shape index (κ2) is 8.12. The van der Waals surface area contributed by atoms with E-state index in [0.717, 1.165) is 24.3 Å². The van der Waals surface area contributed by atoms with Gasteiger partial charge in [0.25, 0.3) is 5.91 Å². The molecule has 5 heteroatoms. The summed E-state index contributed by atoms with van der Waals surface area (Å²) in [5, 5.41) is 6.24. The third-order valence-corrected chi connectivity index (χ3v) is 3.40. The number of hydrogen-bond donors (Lipinski definition) is 2. The molecular formula is C15H23ClN2O2.